The zero-order valence-corrected chi connectivity index (χ0v) is 12.7. The number of hydrogen-bond acceptors (Lipinski definition) is 3. The summed E-state index contributed by atoms with van der Waals surface area (Å²) in [5, 5.41) is 6.17. The molecular formula is C14H19BrN2O2. The topological polar surface area (TPSA) is 50.4 Å². The molecule has 1 aliphatic heterocycles. The molecule has 1 saturated heterocycles. The molecule has 1 heterocycles. The average molecular weight is 327 g/mol. The molecule has 5 heteroatoms. The van der Waals surface area contributed by atoms with E-state index in [1.165, 1.54) is 0 Å². The summed E-state index contributed by atoms with van der Waals surface area (Å²) in [6, 6.07) is 8.09. The second-order valence-corrected chi connectivity index (χ2v) is 5.74. The second kappa shape index (κ2) is 6.50. The Morgan fingerprint density at radius 2 is 2.05 bits per heavy atom. The molecule has 1 fully saturated rings. The summed E-state index contributed by atoms with van der Waals surface area (Å²) in [5.41, 5.74) is 1.09. The Balaban J connectivity index is 1.96. The fraction of sp³-hybridized carbons (Fsp3) is 0.500. The van der Waals surface area contributed by atoms with Crippen molar-refractivity contribution < 1.29 is 9.53 Å². The number of halogens is 1. The first-order chi connectivity index (χ1) is 9.11. The fourth-order valence-electron chi connectivity index (χ4n) is 2.25. The van der Waals surface area contributed by atoms with Crippen LogP contribution in [0.1, 0.15) is 18.5 Å². The molecule has 19 heavy (non-hydrogen) atoms. The average Bonchev–Trinajstić information content (AvgIpc) is 2.87. The molecule has 0 bridgehead atoms. The predicted molar refractivity (Wildman–Crippen MR) is 77.9 cm³/mol. The van der Waals surface area contributed by atoms with Crippen molar-refractivity contribution >= 4 is 21.8 Å². The SMILES string of the molecule is CNC1COCC1C(=O)N[C@@H](C)c1ccc(Br)cc1. The number of likely N-dealkylation sites (N-methyl/N-ethyl adjacent to an activating group) is 1. The van der Waals surface area contributed by atoms with Gasteiger partial charge in [-0.3, -0.25) is 4.79 Å². The molecule has 0 saturated carbocycles. The van der Waals surface area contributed by atoms with Crippen LogP contribution < -0.4 is 10.6 Å². The van der Waals surface area contributed by atoms with Gasteiger partial charge in [0, 0.05) is 10.5 Å². The van der Waals surface area contributed by atoms with Crippen molar-refractivity contribution in [3.63, 3.8) is 0 Å². The number of rotatable bonds is 4. The molecule has 1 aliphatic rings. The smallest absolute Gasteiger partial charge is 0.227 e. The minimum absolute atomic E-state index is 0.00120. The van der Waals surface area contributed by atoms with Crippen LogP contribution in [0.2, 0.25) is 0 Å². The van der Waals surface area contributed by atoms with Gasteiger partial charge in [-0.05, 0) is 31.7 Å². The standard InChI is InChI=1S/C14H19BrN2O2/c1-9(10-3-5-11(15)6-4-10)17-14(18)12-7-19-8-13(12)16-2/h3-6,9,12-13,16H,7-8H2,1-2H3,(H,17,18)/t9-,12?,13?/m0/s1. The van der Waals surface area contributed by atoms with E-state index in [2.05, 4.69) is 26.6 Å². The Labute approximate surface area is 122 Å². The van der Waals surface area contributed by atoms with Crippen LogP contribution in [0.3, 0.4) is 0 Å². The largest absolute Gasteiger partial charge is 0.379 e. The van der Waals surface area contributed by atoms with Gasteiger partial charge in [0.05, 0.1) is 25.2 Å². The van der Waals surface area contributed by atoms with Gasteiger partial charge in [0.1, 0.15) is 0 Å². The van der Waals surface area contributed by atoms with Gasteiger partial charge >= 0.3 is 0 Å². The Morgan fingerprint density at radius 3 is 2.68 bits per heavy atom. The van der Waals surface area contributed by atoms with Gasteiger partial charge in [0.25, 0.3) is 0 Å². The summed E-state index contributed by atoms with van der Waals surface area (Å²) in [4.78, 5) is 12.2. The van der Waals surface area contributed by atoms with Crippen LogP contribution in [0.5, 0.6) is 0 Å². The van der Waals surface area contributed by atoms with E-state index < -0.39 is 0 Å². The van der Waals surface area contributed by atoms with Crippen molar-refractivity contribution in [2.24, 2.45) is 5.92 Å². The van der Waals surface area contributed by atoms with Crippen LogP contribution in [-0.4, -0.2) is 32.2 Å². The maximum Gasteiger partial charge on any atom is 0.227 e. The highest BCUT2D eigenvalue weighted by Crippen LogP contribution is 2.19. The lowest BCUT2D eigenvalue weighted by Gasteiger charge is -2.20. The monoisotopic (exact) mass is 326 g/mol. The highest BCUT2D eigenvalue weighted by atomic mass is 79.9. The Morgan fingerprint density at radius 1 is 1.37 bits per heavy atom. The van der Waals surface area contributed by atoms with E-state index in [9.17, 15) is 4.79 Å². The lowest BCUT2D eigenvalue weighted by Crippen LogP contribution is -2.43. The van der Waals surface area contributed by atoms with Gasteiger partial charge in [-0.1, -0.05) is 28.1 Å². The Bertz CT molecular complexity index is 436. The molecule has 3 atom stereocenters. The quantitative estimate of drug-likeness (QED) is 0.888. The van der Waals surface area contributed by atoms with Crippen LogP contribution in [0.4, 0.5) is 0 Å². The van der Waals surface area contributed by atoms with Crippen LogP contribution >= 0.6 is 15.9 Å². The second-order valence-electron chi connectivity index (χ2n) is 4.82. The summed E-state index contributed by atoms with van der Waals surface area (Å²) < 4.78 is 6.39. The Kier molecular flexibility index (Phi) is 4.96. The first-order valence-corrected chi connectivity index (χ1v) is 7.22. The molecule has 2 unspecified atom stereocenters. The molecular weight excluding hydrogens is 308 g/mol. The van der Waals surface area contributed by atoms with Crippen molar-refractivity contribution in [2.75, 3.05) is 20.3 Å². The van der Waals surface area contributed by atoms with Crippen molar-refractivity contribution in [3.05, 3.63) is 34.3 Å². The third-order valence-electron chi connectivity index (χ3n) is 3.52. The van der Waals surface area contributed by atoms with Gasteiger partial charge in [-0.25, -0.2) is 0 Å². The third kappa shape index (κ3) is 3.55. The van der Waals surface area contributed by atoms with Crippen LogP contribution in [-0.2, 0) is 9.53 Å². The van der Waals surface area contributed by atoms with Crippen LogP contribution in [0.25, 0.3) is 0 Å². The molecule has 4 nitrogen and oxygen atoms in total. The number of ether oxygens (including phenoxy) is 1. The molecule has 0 radical (unpaired) electrons. The molecule has 104 valence electrons. The number of carbonyl (C=O) groups is 1. The van der Waals surface area contributed by atoms with E-state index in [1.807, 2.05) is 38.2 Å². The highest BCUT2D eigenvalue weighted by molar-refractivity contribution is 9.10. The van der Waals surface area contributed by atoms with E-state index in [0.717, 1.165) is 10.0 Å². The summed E-state index contributed by atoms with van der Waals surface area (Å²) in [6.45, 7) is 3.08. The molecule has 0 aliphatic carbocycles. The van der Waals surface area contributed by atoms with E-state index in [4.69, 9.17) is 4.74 Å². The zero-order valence-electron chi connectivity index (χ0n) is 11.2. The normalized spacial score (nSPS) is 24.2. The van der Waals surface area contributed by atoms with Crippen molar-refractivity contribution in [3.8, 4) is 0 Å². The fourth-order valence-corrected chi connectivity index (χ4v) is 2.52. The summed E-state index contributed by atoms with van der Waals surface area (Å²) in [5.74, 6) is -0.0600. The van der Waals surface area contributed by atoms with E-state index >= 15 is 0 Å². The van der Waals surface area contributed by atoms with Gasteiger partial charge in [-0.15, -0.1) is 0 Å². The first kappa shape index (κ1) is 14.5. The lowest BCUT2D eigenvalue weighted by molar-refractivity contribution is -0.126. The molecule has 1 amide bonds. The number of carbonyl (C=O) groups excluding carboxylic acids is 1. The van der Waals surface area contributed by atoms with Crippen LogP contribution in [0, 0.1) is 5.92 Å². The molecule has 0 spiro atoms. The minimum atomic E-state index is -0.108. The van der Waals surface area contributed by atoms with Crippen molar-refractivity contribution in [1.82, 2.24) is 10.6 Å². The maximum absolute atomic E-state index is 12.2. The zero-order chi connectivity index (χ0) is 13.8. The van der Waals surface area contributed by atoms with Crippen LogP contribution in [0.15, 0.2) is 28.7 Å². The van der Waals surface area contributed by atoms with Crippen molar-refractivity contribution in [1.29, 1.82) is 0 Å². The number of hydrogen-bond donors (Lipinski definition) is 2. The molecule has 2 rings (SSSR count). The number of benzene rings is 1. The van der Waals surface area contributed by atoms with Crippen molar-refractivity contribution in [2.45, 2.75) is 19.0 Å². The molecule has 0 aromatic heterocycles. The lowest BCUT2D eigenvalue weighted by atomic mass is 10.0. The molecule has 2 N–H and O–H groups in total. The van der Waals surface area contributed by atoms with E-state index in [-0.39, 0.29) is 23.9 Å². The highest BCUT2D eigenvalue weighted by Gasteiger charge is 2.33. The summed E-state index contributed by atoms with van der Waals surface area (Å²) >= 11 is 3.40. The summed E-state index contributed by atoms with van der Waals surface area (Å²) in [6.07, 6.45) is 0. The van der Waals surface area contributed by atoms with E-state index in [0.29, 0.717) is 13.2 Å². The van der Waals surface area contributed by atoms with Gasteiger partial charge in [-0.2, -0.15) is 0 Å². The Hall–Kier alpha value is -0.910. The van der Waals surface area contributed by atoms with Gasteiger partial charge < -0.3 is 15.4 Å². The maximum atomic E-state index is 12.2. The minimum Gasteiger partial charge on any atom is -0.379 e. The van der Waals surface area contributed by atoms with Gasteiger partial charge in [0.15, 0.2) is 0 Å². The molecule has 1 aromatic rings. The van der Waals surface area contributed by atoms with E-state index in [1.54, 1.807) is 0 Å². The molecule has 1 aromatic carbocycles. The number of nitrogens with one attached hydrogen (secondary N) is 2. The van der Waals surface area contributed by atoms with Gasteiger partial charge in [0.2, 0.25) is 5.91 Å². The summed E-state index contributed by atoms with van der Waals surface area (Å²) in [7, 11) is 1.86. The number of amides is 1. The third-order valence-corrected chi connectivity index (χ3v) is 4.05. The first-order valence-electron chi connectivity index (χ1n) is 6.42. The predicted octanol–water partition coefficient (Wildman–Crippen LogP) is 1.86.